The molecular formula is C17H17F2NO3. The number of hydrogen-bond donors (Lipinski definition) is 2. The van der Waals surface area contributed by atoms with Gasteiger partial charge in [0.15, 0.2) is 17.4 Å². The van der Waals surface area contributed by atoms with Gasteiger partial charge in [-0.1, -0.05) is 30.3 Å². The van der Waals surface area contributed by atoms with Crippen LogP contribution in [0, 0.1) is 11.6 Å². The minimum atomic E-state index is -1.19. The molecule has 0 aliphatic carbocycles. The van der Waals surface area contributed by atoms with Crippen LogP contribution in [0.15, 0.2) is 42.5 Å². The highest BCUT2D eigenvalue weighted by Crippen LogP contribution is 2.27. The maximum Gasteiger partial charge on any atom is 0.254 e. The topological polar surface area (TPSA) is 60.8 Å². The van der Waals surface area contributed by atoms with Crippen LogP contribution < -0.4 is 0 Å². The Morgan fingerprint density at radius 3 is 2.26 bits per heavy atom. The first-order chi connectivity index (χ1) is 11.0. The molecule has 1 amide bonds. The highest BCUT2D eigenvalue weighted by molar-refractivity contribution is 5.94. The molecule has 0 heterocycles. The predicted octanol–water partition coefficient (Wildman–Crippen LogP) is 2.87. The van der Waals surface area contributed by atoms with Crippen molar-refractivity contribution in [3.63, 3.8) is 0 Å². The van der Waals surface area contributed by atoms with Gasteiger partial charge in [-0.2, -0.15) is 0 Å². The molecule has 0 bridgehead atoms. The quantitative estimate of drug-likeness (QED) is 0.890. The summed E-state index contributed by atoms with van der Waals surface area (Å²) in [4.78, 5) is 13.8. The van der Waals surface area contributed by atoms with Crippen LogP contribution in [0.3, 0.4) is 0 Å². The molecule has 1 atom stereocenters. The van der Waals surface area contributed by atoms with Gasteiger partial charge in [0.2, 0.25) is 0 Å². The third kappa shape index (κ3) is 3.65. The Morgan fingerprint density at radius 2 is 1.74 bits per heavy atom. The zero-order valence-electron chi connectivity index (χ0n) is 12.5. The molecule has 0 saturated carbocycles. The summed E-state index contributed by atoms with van der Waals surface area (Å²) in [7, 11) is 1.50. The molecule has 122 valence electrons. The summed E-state index contributed by atoms with van der Waals surface area (Å²) in [5.41, 5.74) is 0.594. The molecule has 0 radical (unpaired) electrons. The first kappa shape index (κ1) is 16.9. The van der Waals surface area contributed by atoms with E-state index in [2.05, 4.69) is 0 Å². The molecule has 2 aromatic carbocycles. The number of phenols is 1. The Kier molecular flexibility index (Phi) is 5.28. The van der Waals surface area contributed by atoms with Crippen LogP contribution in [0.1, 0.15) is 28.4 Å². The molecule has 6 heteroatoms. The van der Waals surface area contributed by atoms with Crippen LogP contribution in [0.5, 0.6) is 5.75 Å². The van der Waals surface area contributed by atoms with Crippen LogP contribution in [0.25, 0.3) is 0 Å². The molecule has 0 fully saturated rings. The lowest BCUT2D eigenvalue weighted by Gasteiger charge is -2.28. The normalized spacial score (nSPS) is 12.0. The van der Waals surface area contributed by atoms with E-state index in [9.17, 15) is 18.7 Å². The molecule has 2 aromatic rings. The number of benzene rings is 2. The van der Waals surface area contributed by atoms with Crippen molar-refractivity contribution in [1.82, 2.24) is 4.90 Å². The number of aromatic hydroxyl groups is 1. The van der Waals surface area contributed by atoms with Crippen LogP contribution in [-0.2, 0) is 0 Å². The molecule has 0 spiro atoms. The van der Waals surface area contributed by atoms with Crippen molar-refractivity contribution in [2.24, 2.45) is 0 Å². The van der Waals surface area contributed by atoms with Gasteiger partial charge in [-0.05, 0) is 24.1 Å². The minimum absolute atomic E-state index is 0.143. The van der Waals surface area contributed by atoms with Crippen molar-refractivity contribution in [3.05, 3.63) is 65.2 Å². The number of halogens is 2. The van der Waals surface area contributed by atoms with Gasteiger partial charge in [-0.3, -0.25) is 4.79 Å². The van der Waals surface area contributed by atoms with Crippen LogP contribution >= 0.6 is 0 Å². The van der Waals surface area contributed by atoms with Gasteiger partial charge >= 0.3 is 0 Å². The van der Waals surface area contributed by atoms with Gasteiger partial charge in [-0.15, -0.1) is 0 Å². The Hall–Kier alpha value is -2.47. The number of rotatable bonds is 5. The van der Waals surface area contributed by atoms with Crippen molar-refractivity contribution >= 4 is 5.91 Å². The molecule has 0 aromatic heterocycles. The predicted molar refractivity (Wildman–Crippen MR) is 81.0 cm³/mol. The van der Waals surface area contributed by atoms with E-state index in [0.717, 1.165) is 17.7 Å². The summed E-state index contributed by atoms with van der Waals surface area (Å²) in [5.74, 6) is -4.11. The molecule has 0 unspecified atom stereocenters. The van der Waals surface area contributed by atoms with E-state index in [4.69, 9.17) is 5.11 Å². The van der Waals surface area contributed by atoms with Crippen molar-refractivity contribution in [3.8, 4) is 5.75 Å². The van der Waals surface area contributed by atoms with Crippen LogP contribution in [-0.4, -0.2) is 34.7 Å². The van der Waals surface area contributed by atoms with Crippen molar-refractivity contribution < 1.29 is 23.8 Å². The molecular weight excluding hydrogens is 304 g/mol. The zero-order chi connectivity index (χ0) is 17.0. The average Bonchev–Trinajstić information content (AvgIpc) is 2.56. The Balaban J connectivity index is 2.33. The third-order valence-electron chi connectivity index (χ3n) is 3.64. The molecule has 4 nitrogen and oxygen atoms in total. The second-order valence-corrected chi connectivity index (χ2v) is 5.14. The average molecular weight is 321 g/mol. The Morgan fingerprint density at radius 1 is 1.17 bits per heavy atom. The van der Waals surface area contributed by atoms with Gasteiger partial charge in [-0.25, -0.2) is 8.78 Å². The van der Waals surface area contributed by atoms with E-state index in [1.54, 1.807) is 12.1 Å². The number of aliphatic hydroxyl groups excluding tert-OH is 1. The van der Waals surface area contributed by atoms with E-state index >= 15 is 0 Å². The van der Waals surface area contributed by atoms with Crippen LogP contribution in [0.2, 0.25) is 0 Å². The van der Waals surface area contributed by atoms with Gasteiger partial charge in [0.1, 0.15) is 0 Å². The fraction of sp³-hybridized carbons (Fsp3) is 0.235. The van der Waals surface area contributed by atoms with Gasteiger partial charge in [0.25, 0.3) is 5.91 Å². The van der Waals surface area contributed by atoms with E-state index in [1.807, 2.05) is 18.2 Å². The summed E-state index contributed by atoms with van der Waals surface area (Å²) in [6, 6.07) is 10.2. The second-order valence-electron chi connectivity index (χ2n) is 5.14. The number of carbonyl (C=O) groups is 1. The second kappa shape index (κ2) is 7.19. The summed E-state index contributed by atoms with van der Waals surface area (Å²) in [6.07, 6.45) is 0.287. The maximum atomic E-state index is 13.4. The van der Waals surface area contributed by atoms with Crippen molar-refractivity contribution in [2.75, 3.05) is 13.7 Å². The lowest BCUT2D eigenvalue weighted by Crippen LogP contribution is -2.32. The van der Waals surface area contributed by atoms with Gasteiger partial charge in [0.05, 0.1) is 6.04 Å². The SMILES string of the molecule is CN(C(=O)c1cc(F)c(O)c(F)c1)[C@@H](CCO)c1ccccc1. The molecule has 0 saturated heterocycles. The lowest BCUT2D eigenvalue weighted by atomic mass is 10.0. The number of hydrogen-bond acceptors (Lipinski definition) is 3. The monoisotopic (exact) mass is 321 g/mol. The molecule has 2 rings (SSSR count). The van der Waals surface area contributed by atoms with Gasteiger partial charge in [0, 0.05) is 19.2 Å². The third-order valence-corrected chi connectivity index (χ3v) is 3.64. The fourth-order valence-corrected chi connectivity index (χ4v) is 2.42. The summed E-state index contributed by atoms with van der Waals surface area (Å²) in [6.45, 7) is -0.143. The number of nitrogens with zero attached hydrogens (tertiary/aromatic N) is 1. The first-order valence-corrected chi connectivity index (χ1v) is 7.06. The molecule has 2 N–H and O–H groups in total. The molecule has 0 aliphatic heterocycles. The molecule has 23 heavy (non-hydrogen) atoms. The van der Waals surface area contributed by atoms with E-state index in [-0.39, 0.29) is 18.6 Å². The van der Waals surface area contributed by atoms with E-state index < -0.39 is 29.3 Å². The smallest absolute Gasteiger partial charge is 0.254 e. The largest absolute Gasteiger partial charge is 0.503 e. The Bertz CT molecular complexity index is 668. The minimum Gasteiger partial charge on any atom is -0.503 e. The summed E-state index contributed by atoms with van der Waals surface area (Å²) < 4.78 is 26.9. The zero-order valence-corrected chi connectivity index (χ0v) is 12.5. The highest BCUT2D eigenvalue weighted by Gasteiger charge is 2.24. The summed E-state index contributed by atoms with van der Waals surface area (Å²) in [5, 5.41) is 18.3. The standard InChI is InChI=1S/C17H17F2NO3/c1-20(15(7-8-21)11-5-3-2-4-6-11)17(23)12-9-13(18)16(22)14(19)10-12/h2-6,9-10,15,21-22H,7-8H2,1H3/t15-/m0/s1. The Labute approximate surface area is 132 Å². The van der Waals surface area contributed by atoms with E-state index in [1.165, 1.54) is 11.9 Å². The number of aliphatic hydroxyl groups is 1. The van der Waals surface area contributed by atoms with Gasteiger partial charge < -0.3 is 15.1 Å². The van der Waals surface area contributed by atoms with Crippen molar-refractivity contribution in [2.45, 2.75) is 12.5 Å². The maximum absolute atomic E-state index is 13.4. The first-order valence-electron chi connectivity index (χ1n) is 7.06. The van der Waals surface area contributed by atoms with Crippen LogP contribution in [0.4, 0.5) is 8.78 Å². The van der Waals surface area contributed by atoms with Crippen molar-refractivity contribution in [1.29, 1.82) is 0 Å². The number of amides is 1. The summed E-state index contributed by atoms with van der Waals surface area (Å²) >= 11 is 0. The lowest BCUT2D eigenvalue weighted by molar-refractivity contribution is 0.0704. The number of phenolic OH excluding ortho intramolecular Hbond substituents is 1. The highest BCUT2D eigenvalue weighted by atomic mass is 19.1. The molecule has 0 aliphatic rings. The van der Waals surface area contributed by atoms with E-state index in [0.29, 0.717) is 0 Å². The fourth-order valence-electron chi connectivity index (χ4n) is 2.42. The number of carbonyl (C=O) groups excluding carboxylic acids is 1.